The first-order valence-corrected chi connectivity index (χ1v) is 12.7. The first-order chi connectivity index (χ1) is 18.7. The third kappa shape index (κ3) is 5.44. The lowest BCUT2D eigenvalue weighted by atomic mass is 10.0. The third-order valence-corrected chi connectivity index (χ3v) is 7.10. The van der Waals surface area contributed by atoms with Gasteiger partial charge in [0, 0.05) is 60.9 Å². The van der Waals surface area contributed by atoms with Crippen LogP contribution in [0.15, 0.2) is 48.8 Å². The van der Waals surface area contributed by atoms with E-state index in [1.165, 1.54) is 18.3 Å². The van der Waals surface area contributed by atoms with Crippen molar-refractivity contribution in [1.82, 2.24) is 14.9 Å². The summed E-state index contributed by atoms with van der Waals surface area (Å²) < 4.78 is 45.0. The Bertz CT molecular complexity index is 1410. The Kier molecular flexibility index (Phi) is 7.26. The molecule has 4 heterocycles. The molecule has 11 heteroatoms. The molecule has 0 radical (unpaired) electrons. The maximum absolute atomic E-state index is 13.3. The molecule has 0 bridgehead atoms. The van der Waals surface area contributed by atoms with Gasteiger partial charge in [-0.05, 0) is 50.6 Å². The Morgan fingerprint density at radius 1 is 1.15 bits per heavy atom. The van der Waals surface area contributed by atoms with E-state index in [1.807, 2.05) is 19.9 Å². The van der Waals surface area contributed by atoms with Gasteiger partial charge in [-0.3, -0.25) is 14.6 Å². The van der Waals surface area contributed by atoms with E-state index in [1.54, 1.807) is 17.2 Å². The molecule has 39 heavy (non-hydrogen) atoms. The highest BCUT2D eigenvalue weighted by Crippen LogP contribution is 2.34. The molecule has 0 unspecified atom stereocenters. The van der Waals surface area contributed by atoms with E-state index in [-0.39, 0.29) is 17.5 Å². The molecular weight excluding hydrogens is 511 g/mol. The summed E-state index contributed by atoms with van der Waals surface area (Å²) in [6, 6.07) is 7.95. The third-order valence-electron chi connectivity index (χ3n) is 7.10. The lowest BCUT2D eigenvalue weighted by Crippen LogP contribution is -2.43. The summed E-state index contributed by atoms with van der Waals surface area (Å²) in [7, 11) is 0. The monoisotopic (exact) mass is 539 g/mol. The van der Waals surface area contributed by atoms with E-state index in [0.717, 1.165) is 24.2 Å². The van der Waals surface area contributed by atoms with Gasteiger partial charge >= 0.3 is 6.18 Å². The van der Waals surface area contributed by atoms with E-state index in [0.29, 0.717) is 61.1 Å². The number of likely N-dealkylation sites (N-methyl/N-ethyl adjacent to an activating group) is 1. The number of amides is 2. The number of aryl methyl sites for hydroxylation is 1. The fourth-order valence-corrected chi connectivity index (χ4v) is 5.01. The van der Waals surface area contributed by atoms with E-state index < -0.39 is 17.6 Å². The van der Waals surface area contributed by atoms with Crippen molar-refractivity contribution < 1.29 is 27.5 Å². The van der Waals surface area contributed by atoms with Crippen molar-refractivity contribution in [2.24, 2.45) is 0 Å². The number of ether oxygens (including phenoxy) is 1. The van der Waals surface area contributed by atoms with Gasteiger partial charge in [-0.25, -0.2) is 4.98 Å². The second-order valence-corrected chi connectivity index (χ2v) is 9.57. The molecule has 2 aliphatic rings. The normalized spacial score (nSPS) is 17.7. The molecule has 2 aromatic heterocycles. The molecule has 1 aromatic carbocycles. The van der Waals surface area contributed by atoms with Crippen LogP contribution in [0.2, 0.25) is 0 Å². The minimum Gasteiger partial charge on any atom is -0.380 e. The molecule has 2 amide bonds. The van der Waals surface area contributed by atoms with Crippen LogP contribution < -0.4 is 10.2 Å². The summed E-state index contributed by atoms with van der Waals surface area (Å²) in [4.78, 5) is 39.0. The molecule has 0 saturated carbocycles. The SMILES string of the molecule is CCN1C[C@H]2CCOCCN2c2cc(-c3cc(NC(=O)c4cccc(C(F)(F)F)c4)cnc3C)cnc2C1=O. The highest BCUT2D eigenvalue weighted by molar-refractivity contribution is 6.04. The molecule has 1 fully saturated rings. The van der Waals surface area contributed by atoms with Crippen molar-refractivity contribution in [2.45, 2.75) is 32.5 Å². The van der Waals surface area contributed by atoms with Crippen LogP contribution in [0.5, 0.6) is 0 Å². The number of halogens is 3. The summed E-state index contributed by atoms with van der Waals surface area (Å²) in [5.41, 5.74) is 2.46. The fraction of sp³-hybridized carbons (Fsp3) is 0.357. The van der Waals surface area contributed by atoms with Gasteiger partial charge < -0.3 is 19.9 Å². The van der Waals surface area contributed by atoms with Gasteiger partial charge in [-0.1, -0.05) is 6.07 Å². The van der Waals surface area contributed by atoms with Gasteiger partial charge in [0.25, 0.3) is 11.8 Å². The Labute approximate surface area is 223 Å². The number of aromatic nitrogens is 2. The first-order valence-electron chi connectivity index (χ1n) is 12.7. The van der Waals surface area contributed by atoms with Crippen LogP contribution in [0, 0.1) is 6.92 Å². The maximum Gasteiger partial charge on any atom is 0.416 e. The number of hydrogen-bond donors (Lipinski definition) is 1. The maximum atomic E-state index is 13.3. The van der Waals surface area contributed by atoms with Crippen molar-refractivity contribution in [2.75, 3.05) is 43.1 Å². The molecule has 1 N–H and O–H groups in total. The van der Waals surface area contributed by atoms with Gasteiger partial charge in [-0.15, -0.1) is 0 Å². The molecule has 204 valence electrons. The topological polar surface area (TPSA) is 87.7 Å². The van der Waals surface area contributed by atoms with E-state index in [9.17, 15) is 22.8 Å². The molecule has 1 atom stereocenters. The van der Waals surface area contributed by atoms with Gasteiger partial charge in [-0.2, -0.15) is 13.2 Å². The zero-order valence-electron chi connectivity index (χ0n) is 21.6. The largest absolute Gasteiger partial charge is 0.416 e. The summed E-state index contributed by atoms with van der Waals surface area (Å²) in [5, 5.41) is 2.64. The highest BCUT2D eigenvalue weighted by Gasteiger charge is 2.34. The number of anilines is 2. The second kappa shape index (κ2) is 10.6. The number of nitrogens with one attached hydrogen (secondary N) is 1. The van der Waals surface area contributed by atoms with Gasteiger partial charge in [0.05, 0.1) is 29.7 Å². The van der Waals surface area contributed by atoms with Gasteiger partial charge in [0.15, 0.2) is 5.69 Å². The quantitative estimate of drug-likeness (QED) is 0.513. The van der Waals surface area contributed by atoms with Crippen LogP contribution in [-0.2, 0) is 10.9 Å². The number of benzene rings is 1. The van der Waals surface area contributed by atoms with Crippen LogP contribution in [0.4, 0.5) is 24.5 Å². The standard InChI is InChI=1S/C28H28F3N5O3/c1-3-35-16-22-7-9-39-10-8-36(22)24-12-19(14-33-25(24)27(35)38)23-13-21(15-32-17(23)2)34-26(37)18-5-4-6-20(11-18)28(29,30)31/h4-6,11-15,22H,3,7-10,16H2,1-2H3,(H,34,37)/t22-/m1/s1. The number of alkyl halides is 3. The van der Waals surface area contributed by atoms with Crippen LogP contribution >= 0.6 is 0 Å². The summed E-state index contributed by atoms with van der Waals surface area (Å²) in [6.45, 7) is 6.70. The lowest BCUT2D eigenvalue weighted by Gasteiger charge is -2.31. The van der Waals surface area contributed by atoms with Gasteiger partial charge in [0.2, 0.25) is 0 Å². The van der Waals surface area contributed by atoms with Crippen LogP contribution in [0.3, 0.4) is 0 Å². The summed E-state index contributed by atoms with van der Waals surface area (Å²) in [6.07, 6.45) is -0.708. The number of fused-ring (bicyclic) bond motifs is 3. The average Bonchev–Trinajstić information content (AvgIpc) is 3.22. The number of rotatable bonds is 4. The van der Waals surface area contributed by atoms with Crippen LogP contribution in [0.1, 0.15) is 45.4 Å². The van der Waals surface area contributed by atoms with E-state index >= 15 is 0 Å². The average molecular weight is 540 g/mol. The molecule has 8 nitrogen and oxygen atoms in total. The number of carbonyl (C=O) groups is 2. The first kappa shape index (κ1) is 26.6. The fourth-order valence-electron chi connectivity index (χ4n) is 5.01. The Morgan fingerprint density at radius 3 is 2.74 bits per heavy atom. The highest BCUT2D eigenvalue weighted by atomic mass is 19.4. The summed E-state index contributed by atoms with van der Waals surface area (Å²) >= 11 is 0. The predicted octanol–water partition coefficient (Wildman–Crippen LogP) is 4.79. The van der Waals surface area contributed by atoms with Crippen molar-refractivity contribution >= 4 is 23.2 Å². The Hall–Kier alpha value is -3.99. The van der Waals surface area contributed by atoms with Crippen molar-refractivity contribution in [3.63, 3.8) is 0 Å². The van der Waals surface area contributed by atoms with Crippen molar-refractivity contribution in [3.8, 4) is 11.1 Å². The molecule has 5 rings (SSSR count). The minimum absolute atomic E-state index is 0.0898. The van der Waals surface area contributed by atoms with Crippen LogP contribution in [0.25, 0.3) is 11.1 Å². The number of nitrogens with zero attached hydrogens (tertiary/aromatic N) is 4. The Balaban J connectivity index is 1.48. The zero-order valence-corrected chi connectivity index (χ0v) is 21.6. The number of pyridine rings is 2. The molecule has 1 saturated heterocycles. The molecule has 3 aromatic rings. The smallest absolute Gasteiger partial charge is 0.380 e. The number of carbonyl (C=O) groups excluding carboxylic acids is 2. The molecule has 2 aliphatic heterocycles. The Morgan fingerprint density at radius 2 is 1.97 bits per heavy atom. The predicted molar refractivity (Wildman–Crippen MR) is 140 cm³/mol. The zero-order chi connectivity index (χ0) is 27.7. The van der Waals surface area contributed by atoms with E-state index in [2.05, 4.69) is 20.2 Å². The second-order valence-electron chi connectivity index (χ2n) is 9.57. The van der Waals surface area contributed by atoms with Crippen molar-refractivity contribution in [3.05, 3.63) is 71.3 Å². The van der Waals surface area contributed by atoms with Gasteiger partial charge in [0.1, 0.15) is 0 Å². The number of hydrogen-bond acceptors (Lipinski definition) is 6. The molecule has 0 aliphatic carbocycles. The molecular formula is C28H28F3N5O3. The van der Waals surface area contributed by atoms with Crippen molar-refractivity contribution in [1.29, 1.82) is 0 Å². The van der Waals surface area contributed by atoms with E-state index in [4.69, 9.17) is 4.74 Å². The minimum atomic E-state index is -4.55. The lowest BCUT2D eigenvalue weighted by molar-refractivity contribution is -0.137. The molecule has 0 spiro atoms. The van der Waals surface area contributed by atoms with Crippen LogP contribution in [-0.4, -0.2) is 65.6 Å². The summed E-state index contributed by atoms with van der Waals surface area (Å²) in [5.74, 6) is -0.805.